The topological polar surface area (TPSA) is 58.4 Å². The van der Waals surface area contributed by atoms with E-state index in [1.54, 1.807) is 38.2 Å². The lowest BCUT2D eigenvalue weighted by atomic mass is 10.0. The van der Waals surface area contributed by atoms with Gasteiger partial charge in [-0.1, -0.05) is 58.5 Å². The minimum Gasteiger partial charge on any atom is -0.361 e. The highest BCUT2D eigenvalue weighted by atomic mass is 35.5. The van der Waals surface area contributed by atoms with Crippen molar-refractivity contribution in [1.82, 2.24) is 14.1 Å². The van der Waals surface area contributed by atoms with Gasteiger partial charge < -0.3 is 4.90 Å². The molecule has 1 aliphatic rings. The van der Waals surface area contributed by atoms with E-state index in [0.717, 1.165) is 11.3 Å². The summed E-state index contributed by atoms with van der Waals surface area (Å²) in [6.45, 7) is 2.52. The molecule has 1 unspecified atom stereocenters. The third-order valence-electron chi connectivity index (χ3n) is 5.51. The van der Waals surface area contributed by atoms with Gasteiger partial charge in [0.1, 0.15) is 10.0 Å². The number of benzene rings is 2. The fraction of sp³-hybridized carbons (Fsp3) is 0.286. The molecule has 1 fully saturated rings. The van der Waals surface area contributed by atoms with Crippen LogP contribution in [-0.4, -0.2) is 42.1 Å². The molecule has 1 saturated heterocycles. The number of hydrogen-bond donors (Lipinski definition) is 0. The van der Waals surface area contributed by atoms with E-state index in [4.69, 9.17) is 46.4 Å². The molecule has 0 radical (unpaired) electrons. The minimum absolute atomic E-state index is 0.0366. The zero-order valence-corrected chi connectivity index (χ0v) is 21.1. The Bertz CT molecular complexity index is 1260. The van der Waals surface area contributed by atoms with Crippen molar-refractivity contribution in [2.45, 2.75) is 17.9 Å². The average molecular weight is 534 g/mol. The second-order valence-corrected chi connectivity index (χ2v) is 11.1. The first kappa shape index (κ1) is 23.7. The molecule has 1 aromatic heterocycles. The van der Waals surface area contributed by atoms with Gasteiger partial charge in [-0.3, -0.25) is 4.68 Å². The van der Waals surface area contributed by atoms with Crippen molar-refractivity contribution in [2.24, 2.45) is 7.05 Å². The summed E-state index contributed by atoms with van der Waals surface area (Å²) in [5.74, 6) is 0. The summed E-state index contributed by atoms with van der Waals surface area (Å²) in [4.78, 5) is 2.13. The number of hydrogen-bond acceptors (Lipinski definition) is 4. The van der Waals surface area contributed by atoms with Gasteiger partial charge in [0.2, 0.25) is 10.0 Å². The molecule has 2 heterocycles. The lowest BCUT2D eigenvalue weighted by Gasteiger charge is -2.42. The third-order valence-corrected chi connectivity index (χ3v) is 8.87. The largest absolute Gasteiger partial charge is 0.361 e. The predicted molar refractivity (Wildman–Crippen MR) is 130 cm³/mol. The van der Waals surface area contributed by atoms with Gasteiger partial charge in [-0.2, -0.15) is 9.40 Å². The van der Waals surface area contributed by atoms with Crippen molar-refractivity contribution in [3.63, 3.8) is 0 Å². The fourth-order valence-corrected chi connectivity index (χ4v) is 6.77. The molecule has 6 nitrogen and oxygen atoms in total. The van der Waals surface area contributed by atoms with Gasteiger partial charge in [-0.25, -0.2) is 8.42 Å². The molecule has 11 heteroatoms. The van der Waals surface area contributed by atoms with Gasteiger partial charge in [0, 0.05) is 36.7 Å². The van der Waals surface area contributed by atoms with Crippen molar-refractivity contribution in [2.75, 3.05) is 24.5 Å². The van der Waals surface area contributed by atoms with Crippen molar-refractivity contribution < 1.29 is 8.42 Å². The van der Waals surface area contributed by atoms with Crippen LogP contribution in [0.15, 0.2) is 47.4 Å². The van der Waals surface area contributed by atoms with Crippen LogP contribution < -0.4 is 4.90 Å². The Morgan fingerprint density at radius 1 is 0.969 bits per heavy atom. The van der Waals surface area contributed by atoms with Gasteiger partial charge in [0.05, 0.1) is 22.4 Å². The molecule has 1 atom stereocenters. The molecule has 0 N–H and O–H groups in total. The number of sulfonamides is 1. The number of nitrogens with zero attached hydrogens (tertiary/aromatic N) is 4. The number of piperazine rings is 1. The first-order valence-electron chi connectivity index (χ1n) is 9.76. The molecule has 1 aliphatic heterocycles. The second-order valence-electron chi connectivity index (χ2n) is 7.55. The smallest absolute Gasteiger partial charge is 0.248 e. The summed E-state index contributed by atoms with van der Waals surface area (Å²) >= 11 is 25.0. The number of anilines is 1. The zero-order valence-electron chi connectivity index (χ0n) is 17.3. The van der Waals surface area contributed by atoms with Crippen LogP contribution in [-0.2, 0) is 17.1 Å². The van der Waals surface area contributed by atoms with E-state index in [2.05, 4.69) is 10.00 Å². The molecule has 32 heavy (non-hydrogen) atoms. The Kier molecular flexibility index (Phi) is 6.69. The summed E-state index contributed by atoms with van der Waals surface area (Å²) in [7, 11) is -2.25. The summed E-state index contributed by atoms with van der Waals surface area (Å²) in [5.41, 5.74) is 2.06. The van der Waals surface area contributed by atoms with E-state index >= 15 is 0 Å². The first-order chi connectivity index (χ1) is 15.1. The highest BCUT2D eigenvalue weighted by Crippen LogP contribution is 2.38. The quantitative estimate of drug-likeness (QED) is 0.438. The molecule has 0 spiro atoms. The Labute approximate surface area is 207 Å². The highest BCUT2D eigenvalue weighted by molar-refractivity contribution is 7.89. The molecule has 3 aromatic rings. The van der Waals surface area contributed by atoms with E-state index in [-0.39, 0.29) is 29.2 Å². The molecular weight excluding hydrogens is 514 g/mol. The number of aryl methyl sites for hydroxylation is 2. The van der Waals surface area contributed by atoms with Crippen LogP contribution in [0.3, 0.4) is 0 Å². The molecule has 0 aliphatic carbocycles. The molecule has 170 valence electrons. The zero-order chi connectivity index (χ0) is 23.2. The van der Waals surface area contributed by atoms with Crippen molar-refractivity contribution in [3.8, 4) is 0 Å². The molecule has 0 bridgehead atoms. The molecule has 0 amide bonds. The lowest BCUT2D eigenvalue weighted by Crippen LogP contribution is -2.50. The van der Waals surface area contributed by atoms with Crippen LogP contribution in [0.5, 0.6) is 0 Å². The van der Waals surface area contributed by atoms with E-state index < -0.39 is 10.0 Å². The van der Waals surface area contributed by atoms with E-state index in [9.17, 15) is 8.42 Å². The summed E-state index contributed by atoms with van der Waals surface area (Å²) < 4.78 is 29.9. The SMILES string of the molecule is Cc1nn(C)c(Cl)c1S(=O)(=O)N1CCN(c2ccc(Cl)cc2Cl)C(c2ccc(Cl)cc2)C1. The predicted octanol–water partition coefficient (Wildman–Crippen LogP) is 5.59. The van der Waals surface area contributed by atoms with Crippen molar-refractivity contribution in [3.05, 3.63) is 73.9 Å². The van der Waals surface area contributed by atoms with Gasteiger partial charge in [0.25, 0.3) is 0 Å². The monoisotopic (exact) mass is 532 g/mol. The van der Waals surface area contributed by atoms with Crippen LogP contribution in [0.4, 0.5) is 5.69 Å². The van der Waals surface area contributed by atoms with E-state index in [0.29, 0.717) is 27.3 Å². The Hall–Kier alpha value is -1.48. The Morgan fingerprint density at radius 3 is 2.22 bits per heavy atom. The lowest BCUT2D eigenvalue weighted by molar-refractivity contribution is 0.335. The van der Waals surface area contributed by atoms with Gasteiger partial charge >= 0.3 is 0 Å². The van der Waals surface area contributed by atoms with Crippen LogP contribution in [0.25, 0.3) is 0 Å². The average Bonchev–Trinajstić information content (AvgIpc) is 3.00. The number of rotatable bonds is 4. The molecule has 2 aromatic carbocycles. The van der Waals surface area contributed by atoms with Crippen LogP contribution in [0.1, 0.15) is 17.3 Å². The molecule has 4 rings (SSSR count). The first-order valence-corrected chi connectivity index (χ1v) is 12.7. The molecule has 0 saturated carbocycles. The maximum Gasteiger partial charge on any atom is 0.248 e. The van der Waals surface area contributed by atoms with Crippen LogP contribution >= 0.6 is 46.4 Å². The van der Waals surface area contributed by atoms with E-state index in [1.165, 1.54) is 8.99 Å². The van der Waals surface area contributed by atoms with E-state index in [1.807, 2.05) is 18.2 Å². The van der Waals surface area contributed by atoms with Crippen LogP contribution in [0, 0.1) is 6.92 Å². The summed E-state index contributed by atoms with van der Waals surface area (Å²) in [6.07, 6.45) is 0. The number of aromatic nitrogens is 2. The maximum absolute atomic E-state index is 13.5. The standard InChI is InChI=1S/C21H20Cl4N4O2S/c1-13-20(21(25)27(2)26-13)32(30,31)28-9-10-29(18-8-7-16(23)11-17(18)24)19(12-28)14-3-5-15(22)6-4-14/h3-8,11,19H,9-10,12H2,1-2H3. The Morgan fingerprint density at radius 2 is 1.62 bits per heavy atom. The van der Waals surface area contributed by atoms with Crippen LogP contribution in [0.2, 0.25) is 20.2 Å². The number of halogens is 4. The summed E-state index contributed by atoms with van der Waals surface area (Å²) in [6, 6.07) is 12.3. The summed E-state index contributed by atoms with van der Waals surface area (Å²) in [5, 5.41) is 5.89. The third kappa shape index (κ3) is 4.34. The van der Waals surface area contributed by atoms with Gasteiger partial charge in [-0.15, -0.1) is 0 Å². The fourth-order valence-electron chi connectivity index (χ4n) is 3.98. The molecular formula is C21H20Cl4N4O2S. The normalized spacial score (nSPS) is 17.7. The maximum atomic E-state index is 13.5. The highest BCUT2D eigenvalue weighted by Gasteiger charge is 2.38. The van der Waals surface area contributed by atoms with Crippen molar-refractivity contribution in [1.29, 1.82) is 0 Å². The second kappa shape index (κ2) is 9.05. The minimum atomic E-state index is -3.86. The van der Waals surface area contributed by atoms with Crippen molar-refractivity contribution >= 4 is 62.1 Å². The Balaban J connectivity index is 1.75. The van der Waals surface area contributed by atoms with Gasteiger partial charge in [-0.05, 0) is 42.8 Å². The van der Waals surface area contributed by atoms with Gasteiger partial charge in [0.15, 0.2) is 0 Å².